The van der Waals surface area contributed by atoms with Gasteiger partial charge in [-0.3, -0.25) is 14.2 Å². The molecule has 1 atom stereocenters. The summed E-state index contributed by atoms with van der Waals surface area (Å²) in [6.45, 7) is 4.05. The molecular formula is C19H24N5O6P. The molecule has 1 unspecified atom stereocenters. The number of hydrogen-bond acceptors (Lipinski definition) is 8. The molecule has 2 heterocycles. The third-order valence-corrected chi connectivity index (χ3v) is 6.50. The van der Waals surface area contributed by atoms with Gasteiger partial charge in [0.1, 0.15) is 11.3 Å². The molecule has 12 heteroatoms. The van der Waals surface area contributed by atoms with E-state index in [1.54, 1.807) is 6.07 Å². The molecule has 3 rings (SSSR count). The SMILES string of the molecule is COP1(=O)N=C(c2c(O)cnn(CCC(C)C)c2=O)Nc2ccc(OCC(N)=O)cc21. The molecule has 0 saturated heterocycles. The zero-order chi connectivity index (χ0) is 22.8. The van der Waals surface area contributed by atoms with Crippen molar-refractivity contribution < 1.29 is 23.7 Å². The normalized spacial score (nSPS) is 17.6. The van der Waals surface area contributed by atoms with Crippen molar-refractivity contribution in [2.75, 3.05) is 19.0 Å². The van der Waals surface area contributed by atoms with E-state index in [2.05, 4.69) is 15.2 Å². The number of fused-ring (bicyclic) bond motifs is 1. The summed E-state index contributed by atoms with van der Waals surface area (Å²) < 4.78 is 29.2. The number of primary amides is 1. The van der Waals surface area contributed by atoms with E-state index in [0.29, 0.717) is 24.6 Å². The summed E-state index contributed by atoms with van der Waals surface area (Å²) in [4.78, 5) is 23.9. The van der Waals surface area contributed by atoms with Gasteiger partial charge in [-0.2, -0.15) is 9.86 Å². The maximum absolute atomic E-state index is 13.4. The number of nitrogens with one attached hydrogen (secondary N) is 1. The average Bonchev–Trinajstić information content (AvgIpc) is 2.71. The maximum atomic E-state index is 13.4. The molecule has 31 heavy (non-hydrogen) atoms. The fraction of sp³-hybridized carbons (Fsp3) is 0.368. The summed E-state index contributed by atoms with van der Waals surface area (Å²) in [5.41, 5.74) is 4.71. The van der Waals surface area contributed by atoms with Crippen molar-refractivity contribution in [1.82, 2.24) is 9.78 Å². The highest BCUT2D eigenvalue weighted by Gasteiger charge is 2.35. The molecule has 0 saturated carbocycles. The standard InChI is InChI=1S/C19H24N5O6P/c1-11(2)6-7-24-19(27)17(14(25)9-21-24)18-22-13-5-4-12(30-10-16(20)26)8-15(13)31(28,23-18)29-3/h4-5,8-9,11,25H,6-7,10H2,1-3H3,(H2,20,26)(H,22,23,28). The van der Waals surface area contributed by atoms with E-state index < -0.39 is 24.7 Å². The Balaban J connectivity index is 2.04. The van der Waals surface area contributed by atoms with Crippen LogP contribution >= 0.6 is 7.52 Å². The van der Waals surface area contributed by atoms with E-state index >= 15 is 0 Å². The highest BCUT2D eigenvalue weighted by atomic mass is 31.2. The Morgan fingerprint density at radius 3 is 2.77 bits per heavy atom. The lowest BCUT2D eigenvalue weighted by Crippen LogP contribution is -2.34. The molecule has 2 aromatic rings. The molecule has 1 aromatic heterocycles. The van der Waals surface area contributed by atoms with Crippen molar-refractivity contribution in [3.8, 4) is 11.5 Å². The minimum absolute atomic E-state index is 0.0910. The number of benzene rings is 1. The van der Waals surface area contributed by atoms with Gasteiger partial charge in [-0.1, -0.05) is 13.8 Å². The van der Waals surface area contributed by atoms with Crippen LogP contribution < -0.4 is 26.7 Å². The minimum Gasteiger partial charge on any atom is -0.505 e. The van der Waals surface area contributed by atoms with Gasteiger partial charge in [0, 0.05) is 13.7 Å². The van der Waals surface area contributed by atoms with Crippen LogP contribution in [0.4, 0.5) is 5.69 Å². The Hall–Kier alpha value is -3.17. The van der Waals surface area contributed by atoms with Crippen LogP contribution in [0.15, 0.2) is 34.0 Å². The molecule has 1 aromatic carbocycles. The largest absolute Gasteiger partial charge is 0.505 e. The van der Waals surface area contributed by atoms with Gasteiger partial charge in [0.05, 0.1) is 17.2 Å². The first-order chi connectivity index (χ1) is 14.6. The fourth-order valence-electron chi connectivity index (χ4n) is 2.93. The van der Waals surface area contributed by atoms with Gasteiger partial charge in [-0.25, -0.2) is 4.68 Å². The topological polar surface area (TPSA) is 158 Å². The van der Waals surface area contributed by atoms with E-state index in [4.69, 9.17) is 15.0 Å². The molecule has 1 amide bonds. The van der Waals surface area contributed by atoms with Crippen molar-refractivity contribution >= 4 is 30.3 Å². The number of rotatable bonds is 8. The summed E-state index contributed by atoms with van der Waals surface area (Å²) >= 11 is 0. The van der Waals surface area contributed by atoms with E-state index in [-0.39, 0.29) is 29.1 Å². The summed E-state index contributed by atoms with van der Waals surface area (Å²) in [5, 5.41) is 17.4. The minimum atomic E-state index is -3.82. The first-order valence-electron chi connectivity index (χ1n) is 9.53. The second-order valence-corrected chi connectivity index (χ2v) is 9.41. The predicted octanol–water partition coefficient (Wildman–Crippen LogP) is 1.20. The number of nitrogens with zero attached hydrogens (tertiary/aromatic N) is 3. The third kappa shape index (κ3) is 4.78. The number of aromatic hydroxyl groups is 1. The number of aryl methyl sites for hydroxylation is 1. The Labute approximate surface area is 178 Å². The zero-order valence-electron chi connectivity index (χ0n) is 17.4. The number of nitrogens with two attached hydrogens (primary N) is 1. The van der Waals surface area contributed by atoms with Crippen molar-refractivity contribution in [3.05, 3.63) is 40.3 Å². The quantitative estimate of drug-likeness (QED) is 0.507. The first kappa shape index (κ1) is 22.5. The van der Waals surface area contributed by atoms with Crippen molar-refractivity contribution in [3.63, 3.8) is 0 Å². The van der Waals surface area contributed by atoms with Crippen LogP contribution in [0, 0.1) is 5.92 Å². The average molecular weight is 449 g/mol. The van der Waals surface area contributed by atoms with Crippen LogP contribution in [0.5, 0.6) is 11.5 Å². The van der Waals surface area contributed by atoms with Gasteiger partial charge in [0.2, 0.25) is 0 Å². The number of hydrogen-bond donors (Lipinski definition) is 3. The number of carbonyl (C=O) groups is 1. The molecule has 4 N–H and O–H groups in total. The maximum Gasteiger partial charge on any atom is 0.348 e. The molecule has 0 spiro atoms. The van der Waals surface area contributed by atoms with E-state index in [1.807, 2.05) is 13.8 Å². The number of aromatic nitrogens is 2. The molecule has 0 bridgehead atoms. The molecule has 1 aliphatic rings. The molecular weight excluding hydrogens is 425 g/mol. The molecule has 1 aliphatic heterocycles. The number of anilines is 1. The van der Waals surface area contributed by atoms with Crippen LogP contribution in [0.2, 0.25) is 0 Å². The highest BCUT2D eigenvalue weighted by molar-refractivity contribution is 7.66. The Morgan fingerprint density at radius 2 is 2.13 bits per heavy atom. The van der Waals surface area contributed by atoms with Gasteiger partial charge in [0.25, 0.3) is 11.5 Å². The molecule has 0 aliphatic carbocycles. The van der Waals surface area contributed by atoms with Crippen LogP contribution in [-0.2, 0) is 20.4 Å². The zero-order valence-corrected chi connectivity index (χ0v) is 18.3. The van der Waals surface area contributed by atoms with Crippen molar-refractivity contribution in [1.29, 1.82) is 0 Å². The Kier molecular flexibility index (Phi) is 6.47. The molecule has 11 nitrogen and oxygen atoms in total. The number of amides is 1. The molecule has 0 fully saturated rings. The monoisotopic (exact) mass is 449 g/mol. The van der Waals surface area contributed by atoms with Gasteiger partial charge < -0.3 is 25.4 Å². The van der Waals surface area contributed by atoms with Crippen molar-refractivity contribution in [2.24, 2.45) is 16.4 Å². The van der Waals surface area contributed by atoms with E-state index in [9.17, 15) is 19.3 Å². The van der Waals surface area contributed by atoms with Crippen molar-refractivity contribution in [2.45, 2.75) is 26.8 Å². The van der Waals surface area contributed by atoms with Gasteiger partial charge in [-0.15, -0.1) is 0 Å². The first-order valence-corrected chi connectivity index (χ1v) is 11.1. The second kappa shape index (κ2) is 8.91. The lowest BCUT2D eigenvalue weighted by molar-refractivity contribution is -0.119. The number of ether oxygens (including phenoxy) is 1. The van der Waals surface area contributed by atoms with Crippen LogP contribution in [0.25, 0.3) is 0 Å². The van der Waals surface area contributed by atoms with Gasteiger partial charge in [-0.05, 0) is 30.5 Å². The smallest absolute Gasteiger partial charge is 0.348 e. The second-order valence-electron chi connectivity index (χ2n) is 7.33. The third-order valence-electron chi connectivity index (χ3n) is 4.57. The van der Waals surface area contributed by atoms with Crippen LogP contribution in [0.3, 0.4) is 0 Å². The lowest BCUT2D eigenvalue weighted by Gasteiger charge is -2.24. The molecule has 166 valence electrons. The van der Waals surface area contributed by atoms with Crippen LogP contribution in [0.1, 0.15) is 25.8 Å². The highest BCUT2D eigenvalue weighted by Crippen LogP contribution is 2.51. The summed E-state index contributed by atoms with van der Waals surface area (Å²) in [5.74, 6) is -0.551. The fourth-order valence-corrected chi connectivity index (χ4v) is 4.45. The summed E-state index contributed by atoms with van der Waals surface area (Å²) in [6, 6.07) is 4.50. The lowest BCUT2D eigenvalue weighted by atomic mass is 10.1. The van der Waals surface area contributed by atoms with Crippen LogP contribution in [-0.4, -0.2) is 40.3 Å². The predicted molar refractivity (Wildman–Crippen MR) is 115 cm³/mol. The van der Waals surface area contributed by atoms with E-state index in [0.717, 1.165) is 6.20 Å². The summed E-state index contributed by atoms with van der Waals surface area (Å²) in [6.07, 6.45) is 1.86. The number of carbonyl (C=O) groups excluding carboxylic acids is 1. The van der Waals surface area contributed by atoms with Gasteiger partial charge in [0.15, 0.2) is 18.2 Å². The van der Waals surface area contributed by atoms with Gasteiger partial charge >= 0.3 is 7.52 Å². The Morgan fingerprint density at radius 1 is 1.39 bits per heavy atom. The molecule has 0 radical (unpaired) electrons. The number of amidine groups is 1. The Bertz CT molecular complexity index is 1140. The summed E-state index contributed by atoms with van der Waals surface area (Å²) in [7, 11) is -2.59. The van der Waals surface area contributed by atoms with E-state index in [1.165, 1.54) is 23.9 Å².